The van der Waals surface area contributed by atoms with Crippen molar-refractivity contribution < 1.29 is 13.2 Å². The van der Waals surface area contributed by atoms with E-state index in [9.17, 15) is 18.0 Å². The van der Waals surface area contributed by atoms with Crippen LogP contribution in [0.15, 0.2) is 64.5 Å². The Labute approximate surface area is 162 Å². The summed E-state index contributed by atoms with van der Waals surface area (Å²) in [6.07, 6.45) is 5.93. The van der Waals surface area contributed by atoms with E-state index in [1.54, 1.807) is 30.3 Å². The monoisotopic (exact) mass is 397 g/mol. The number of hydrogen-bond acceptors (Lipinski definition) is 5. The second-order valence-corrected chi connectivity index (χ2v) is 9.07. The van der Waals surface area contributed by atoms with Gasteiger partial charge in [0.15, 0.2) is 9.84 Å². The Morgan fingerprint density at radius 2 is 1.89 bits per heavy atom. The van der Waals surface area contributed by atoms with Crippen LogP contribution < -0.4 is 10.9 Å². The molecule has 0 radical (unpaired) electrons. The summed E-state index contributed by atoms with van der Waals surface area (Å²) in [6, 6.07) is 11.3. The molecule has 3 aromatic rings. The first-order valence-electron chi connectivity index (χ1n) is 9.08. The molecular weight excluding hydrogens is 378 g/mol. The Kier molecular flexibility index (Phi) is 4.72. The Hall–Kier alpha value is -3.00. The maximum Gasteiger partial charge on any atom is 0.270 e. The van der Waals surface area contributed by atoms with Crippen LogP contribution in [-0.4, -0.2) is 29.0 Å². The fourth-order valence-electron chi connectivity index (χ4n) is 3.52. The van der Waals surface area contributed by atoms with E-state index < -0.39 is 21.3 Å². The number of sulfone groups is 1. The molecule has 1 N–H and O–H groups in total. The Morgan fingerprint density at radius 3 is 2.68 bits per heavy atom. The van der Waals surface area contributed by atoms with Crippen LogP contribution in [0.1, 0.15) is 36.0 Å². The highest BCUT2D eigenvalue weighted by Crippen LogP contribution is 2.30. The second-order valence-electron chi connectivity index (χ2n) is 6.84. The minimum Gasteiger partial charge on any atom is -0.322 e. The van der Waals surface area contributed by atoms with Crippen molar-refractivity contribution in [2.45, 2.75) is 35.8 Å². The van der Waals surface area contributed by atoms with E-state index in [4.69, 9.17) is 0 Å². The molecule has 8 heteroatoms. The van der Waals surface area contributed by atoms with Crippen LogP contribution in [0.3, 0.4) is 0 Å². The molecular formula is C20H19N3O4S. The number of aromatic nitrogens is 2. The van der Waals surface area contributed by atoms with Crippen LogP contribution >= 0.6 is 0 Å². The zero-order valence-corrected chi connectivity index (χ0v) is 15.9. The molecule has 1 aliphatic carbocycles. The number of nitrogens with one attached hydrogen (secondary N) is 1. The third kappa shape index (κ3) is 3.31. The van der Waals surface area contributed by atoms with Gasteiger partial charge in [0, 0.05) is 18.1 Å². The van der Waals surface area contributed by atoms with Crippen LogP contribution in [0.2, 0.25) is 0 Å². The number of benzene rings is 1. The van der Waals surface area contributed by atoms with Crippen molar-refractivity contribution in [1.29, 1.82) is 0 Å². The first-order valence-corrected chi connectivity index (χ1v) is 10.6. The van der Waals surface area contributed by atoms with Gasteiger partial charge in [0.05, 0.1) is 10.1 Å². The van der Waals surface area contributed by atoms with Crippen LogP contribution in [0, 0.1) is 0 Å². The van der Waals surface area contributed by atoms with E-state index in [1.807, 2.05) is 0 Å². The molecule has 28 heavy (non-hydrogen) atoms. The zero-order chi connectivity index (χ0) is 19.7. The van der Waals surface area contributed by atoms with E-state index in [0.29, 0.717) is 24.2 Å². The van der Waals surface area contributed by atoms with Crippen LogP contribution in [0.5, 0.6) is 0 Å². The van der Waals surface area contributed by atoms with Gasteiger partial charge < -0.3 is 5.32 Å². The van der Waals surface area contributed by atoms with Gasteiger partial charge in [0.1, 0.15) is 11.2 Å². The zero-order valence-electron chi connectivity index (χ0n) is 15.0. The summed E-state index contributed by atoms with van der Waals surface area (Å²) in [5.74, 6) is -0.633. The first-order chi connectivity index (χ1) is 13.5. The lowest BCUT2D eigenvalue weighted by Gasteiger charge is -2.12. The van der Waals surface area contributed by atoms with E-state index in [0.717, 1.165) is 12.8 Å². The predicted octanol–water partition coefficient (Wildman–Crippen LogP) is 2.66. The number of carbonyl (C=O) groups excluding carboxylic acids is 1. The lowest BCUT2D eigenvalue weighted by molar-refractivity contribution is 0.102. The lowest BCUT2D eigenvalue weighted by Crippen LogP contribution is -2.26. The molecule has 1 aromatic carbocycles. The Morgan fingerprint density at radius 1 is 1.11 bits per heavy atom. The minimum atomic E-state index is -3.43. The van der Waals surface area contributed by atoms with Crippen molar-refractivity contribution in [3.63, 3.8) is 0 Å². The molecule has 0 saturated heterocycles. The summed E-state index contributed by atoms with van der Waals surface area (Å²) < 4.78 is 26.8. The topological polar surface area (TPSA) is 97.6 Å². The standard InChI is InChI=1S/C20H19N3O4S/c24-19(17-13-21-18-10-3-4-11-23(18)20(17)25)22-14-6-5-9-16(12-14)28(26,27)15-7-1-2-8-15/h3-6,9-13,15H,1-2,7-8H2,(H,22,24). The molecule has 1 saturated carbocycles. The van der Waals surface area contributed by atoms with Gasteiger partial charge in [-0.2, -0.15) is 0 Å². The first kappa shape index (κ1) is 18.4. The summed E-state index contributed by atoms with van der Waals surface area (Å²) in [4.78, 5) is 29.4. The average molecular weight is 397 g/mol. The largest absolute Gasteiger partial charge is 0.322 e. The third-order valence-corrected chi connectivity index (χ3v) is 7.28. The molecule has 0 bridgehead atoms. The van der Waals surface area contributed by atoms with Gasteiger partial charge in [-0.05, 0) is 43.2 Å². The fourth-order valence-corrected chi connectivity index (χ4v) is 5.42. The van der Waals surface area contributed by atoms with E-state index >= 15 is 0 Å². The maximum absolute atomic E-state index is 12.8. The normalized spacial score (nSPS) is 15.0. The highest BCUT2D eigenvalue weighted by molar-refractivity contribution is 7.92. The quantitative estimate of drug-likeness (QED) is 0.730. The molecule has 1 fully saturated rings. The minimum absolute atomic E-state index is 0.118. The summed E-state index contributed by atoms with van der Waals surface area (Å²) >= 11 is 0. The molecule has 0 aliphatic heterocycles. The van der Waals surface area contributed by atoms with Crippen molar-refractivity contribution in [2.75, 3.05) is 5.32 Å². The number of amides is 1. The molecule has 0 unspecified atom stereocenters. The highest BCUT2D eigenvalue weighted by Gasteiger charge is 2.30. The lowest BCUT2D eigenvalue weighted by atomic mass is 10.2. The molecule has 2 aromatic heterocycles. The molecule has 0 spiro atoms. The summed E-state index contributed by atoms with van der Waals surface area (Å²) in [5, 5.41) is 2.24. The van der Waals surface area contributed by atoms with Gasteiger partial charge in [0.25, 0.3) is 11.5 Å². The maximum atomic E-state index is 12.8. The van der Waals surface area contributed by atoms with Crippen molar-refractivity contribution in [3.8, 4) is 0 Å². The van der Waals surface area contributed by atoms with Gasteiger partial charge in [-0.1, -0.05) is 25.0 Å². The Balaban J connectivity index is 1.62. The molecule has 144 valence electrons. The third-order valence-electron chi connectivity index (χ3n) is 5.02. The van der Waals surface area contributed by atoms with E-state index in [2.05, 4.69) is 10.3 Å². The fraction of sp³-hybridized carbons (Fsp3) is 0.250. The second kappa shape index (κ2) is 7.20. The SMILES string of the molecule is O=C(Nc1cccc(S(=O)(=O)C2CCCC2)c1)c1cnc2ccccn2c1=O. The van der Waals surface area contributed by atoms with Crippen LogP contribution in [0.25, 0.3) is 5.65 Å². The molecule has 2 heterocycles. The van der Waals surface area contributed by atoms with Gasteiger partial charge in [-0.15, -0.1) is 0 Å². The van der Waals surface area contributed by atoms with Crippen molar-refractivity contribution in [2.24, 2.45) is 0 Å². The smallest absolute Gasteiger partial charge is 0.270 e. The Bertz CT molecular complexity index is 1210. The number of rotatable bonds is 4. The van der Waals surface area contributed by atoms with Crippen molar-refractivity contribution in [1.82, 2.24) is 9.38 Å². The van der Waals surface area contributed by atoms with E-state index in [1.165, 1.54) is 28.9 Å². The predicted molar refractivity (Wildman–Crippen MR) is 105 cm³/mol. The number of fused-ring (bicyclic) bond motifs is 1. The highest BCUT2D eigenvalue weighted by atomic mass is 32.2. The number of carbonyl (C=O) groups is 1. The molecule has 0 atom stereocenters. The van der Waals surface area contributed by atoms with E-state index in [-0.39, 0.29) is 15.7 Å². The van der Waals surface area contributed by atoms with Crippen LogP contribution in [-0.2, 0) is 9.84 Å². The molecule has 4 rings (SSSR count). The van der Waals surface area contributed by atoms with Crippen molar-refractivity contribution in [3.05, 3.63) is 70.8 Å². The van der Waals surface area contributed by atoms with Gasteiger partial charge in [0.2, 0.25) is 0 Å². The van der Waals surface area contributed by atoms with Crippen molar-refractivity contribution >= 4 is 27.1 Å². The van der Waals surface area contributed by atoms with Gasteiger partial charge >= 0.3 is 0 Å². The number of nitrogens with zero attached hydrogens (tertiary/aromatic N) is 2. The number of pyridine rings is 1. The number of anilines is 1. The summed E-state index contributed by atoms with van der Waals surface area (Å²) in [5.41, 5.74) is 0.154. The van der Waals surface area contributed by atoms with Gasteiger partial charge in [-0.25, -0.2) is 13.4 Å². The molecule has 7 nitrogen and oxygen atoms in total. The average Bonchev–Trinajstić information content (AvgIpc) is 3.24. The summed E-state index contributed by atoms with van der Waals surface area (Å²) in [7, 11) is -3.43. The summed E-state index contributed by atoms with van der Waals surface area (Å²) in [6.45, 7) is 0. The molecule has 1 aliphatic rings. The number of hydrogen-bond donors (Lipinski definition) is 1. The van der Waals surface area contributed by atoms with Crippen LogP contribution in [0.4, 0.5) is 5.69 Å². The van der Waals surface area contributed by atoms with Gasteiger partial charge in [-0.3, -0.25) is 14.0 Å². The molecule has 1 amide bonds.